The number of nitrogens with zero attached hydrogens (tertiary/aromatic N) is 1. The van der Waals surface area contributed by atoms with Crippen molar-refractivity contribution < 1.29 is 28.7 Å². The number of carbonyl (C=O) groups is 4. The van der Waals surface area contributed by atoms with Gasteiger partial charge in [0.25, 0.3) is 17.7 Å². The molecule has 9 heteroatoms. The summed E-state index contributed by atoms with van der Waals surface area (Å²) in [5.41, 5.74) is 1.61. The first kappa shape index (κ1) is 23.0. The maximum Gasteiger partial charge on any atom is 0.338 e. The van der Waals surface area contributed by atoms with Gasteiger partial charge < -0.3 is 14.8 Å². The summed E-state index contributed by atoms with van der Waals surface area (Å²) in [5.74, 6) is -1.84. The molecule has 0 saturated carbocycles. The Morgan fingerprint density at radius 3 is 2.38 bits per heavy atom. The maximum absolute atomic E-state index is 12.8. The molecule has 0 aromatic heterocycles. The van der Waals surface area contributed by atoms with Crippen LogP contribution in [-0.2, 0) is 16.1 Å². The summed E-state index contributed by atoms with van der Waals surface area (Å²) >= 11 is 6.03. The Labute approximate surface area is 200 Å². The number of ether oxygens (including phenoxy) is 2. The number of carbonyl (C=O) groups excluding carboxylic acids is 4. The van der Waals surface area contributed by atoms with Crippen molar-refractivity contribution in [2.45, 2.75) is 6.54 Å². The van der Waals surface area contributed by atoms with E-state index in [-0.39, 0.29) is 23.2 Å². The summed E-state index contributed by atoms with van der Waals surface area (Å²) in [6, 6.07) is 17.9. The van der Waals surface area contributed by atoms with Crippen molar-refractivity contribution in [3.63, 3.8) is 0 Å². The third-order valence-corrected chi connectivity index (χ3v) is 5.46. The molecule has 8 nitrogen and oxygen atoms in total. The van der Waals surface area contributed by atoms with Crippen LogP contribution in [-0.4, -0.2) is 42.3 Å². The zero-order valence-corrected chi connectivity index (χ0v) is 18.8. The summed E-state index contributed by atoms with van der Waals surface area (Å²) in [4.78, 5) is 51.2. The smallest absolute Gasteiger partial charge is 0.338 e. The molecule has 0 aliphatic carbocycles. The van der Waals surface area contributed by atoms with E-state index in [0.29, 0.717) is 16.5 Å². The normalized spacial score (nSPS) is 12.4. The molecule has 0 saturated heterocycles. The van der Waals surface area contributed by atoms with Crippen molar-refractivity contribution >= 4 is 41.0 Å². The molecule has 0 atom stereocenters. The molecule has 4 rings (SSSR count). The first-order chi connectivity index (χ1) is 16.4. The van der Waals surface area contributed by atoms with E-state index < -0.39 is 30.3 Å². The van der Waals surface area contributed by atoms with Gasteiger partial charge in [0.1, 0.15) is 5.75 Å². The summed E-state index contributed by atoms with van der Waals surface area (Å²) in [7, 11) is 1.47. The van der Waals surface area contributed by atoms with Crippen LogP contribution in [0.2, 0.25) is 5.02 Å². The van der Waals surface area contributed by atoms with Gasteiger partial charge >= 0.3 is 5.97 Å². The largest absolute Gasteiger partial charge is 0.495 e. The molecule has 1 heterocycles. The van der Waals surface area contributed by atoms with Crippen molar-refractivity contribution in [3.05, 3.63) is 94.0 Å². The Hall–Kier alpha value is -4.17. The summed E-state index contributed by atoms with van der Waals surface area (Å²) in [6.45, 7) is -0.422. The minimum atomic E-state index is -0.799. The van der Waals surface area contributed by atoms with Gasteiger partial charge in [0.05, 0.1) is 35.4 Å². The zero-order chi connectivity index (χ0) is 24.2. The predicted octanol–water partition coefficient (Wildman–Crippen LogP) is 3.94. The molecule has 0 unspecified atom stereocenters. The van der Waals surface area contributed by atoms with E-state index in [1.54, 1.807) is 12.1 Å². The highest BCUT2D eigenvalue weighted by molar-refractivity contribution is 6.32. The minimum absolute atomic E-state index is 0.0572. The Morgan fingerprint density at radius 2 is 1.68 bits per heavy atom. The molecule has 3 aromatic carbocycles. The molecular formula is C25H19ClN2O6. The number of amides is 3. The lowest BCUT2D eigenvalue weighted by molar-refractivity contribution is -0.119. The fourth-order valence-corrected chi connectivity index (χ4v) is 3.74. The van der Waals surface area contributed by atoms with Gasteiger partial charge in [0.2, 0.25) is 0 Å². The lowest BCUT2D eigenvalue weighted by Crippen LogP contribution is -2.29. The van der Waals surface area contributed by atoms with Crippen LogP contribution in [0.15, 0.2) is 66.7 Å². The number of halogens is 1. The Morgan fingerprint density at radius 1 is 0.941 bits per heavy atom. The van der Waals surface area contributed by atoms with E-state index in [4.69, 9.17) is 21.1 Å². The second kappa shape index (κ2) is 9.76. The molecule has 1 aliphatic rings. The molecular weight excluding hydrogens is 460 g/mol. The second-order valence-electron chi connectivity index (χ2n) is 7.42. The van der Waals surface area contributed by atoms with Crippen molar-refractivity contribution in [2.24, 2.45) is 0 Å². The van der Waals surface area contributed by atoms with Crippen LogP contribution < -0.4 is 10.1 Å². The average molecular weight is 479 g/mol. The average Bonchev–Trinajstić information content (AvgIpc) is 3.07. The lowest BCUT2D eigenvalue weighted by Gasteiger charge is -2.13. The fourth-order valence-electron chi connectivity index (χ4n) is 3.48. The zero-order valence-electron chi connectivity index (χ0n) is 18.0. The van der Waals surface area contributed by atoms with Gasteiger partial charge in [0, 0.05) is 5.69 Å². The van der Waals surface area contributed by atoms with Gasteiger partial charge in [-0.1, -0.05) is 41.9 Å². The van der Waals surface area contributed by atoms with E-state index in [0.717, 1.165) is 10.5 Å². The topological polar surface area (TPSA) is 102 Å². The number of benzene rings is 3. The van der Waals surface area contributed by atoms with Gasteiger partial charge in [-0.25, -0.2) is 4.79 Å². The second-order valence-corrected chi connectivity index (χ2v) is 7.82. The predicted molar refractivity (Wildman–Crippen MR) is 124 cm³/mol. The number of hydrogen-bond donors (Lipinski definition) is 1. The molecule has 34 heavy (non-hydrogen) atoms. The molecule has 1 aliphatic heterocycles. The van der Waals surface area contributed by atoms with E-state index in [2.05, 4.69) is 5.32 Å². The monoisotopic (exact) mass is 478 g/mol. The van der Waals surface area contributed by atoms with Gasteiger partial charge in [-0.05, 0) is 42.0 Å². The number of rotatable bonds is 7. The number of imide groups is 1. The minimum Gasteiger partial charge on any atom is -0.495 e. The summed E-state index contributed by atoms with van der Waals surface area (Å²) < 4.78 is 10.1. The standard InChI is InChI=1S/C25H19ClN2O6/c1-33-21-10-8-17(12-20(21)26)27-22(29)14-34-25(32)16-7-9-18-19(11-16)24(31)28(23(18)30)13-15-5-3-2-4-6-15/h2-12H,13-14H2,1H3,(H,27,29). The fraction of sp³-hybridized carbons (Fsp3) is 0.120. The van der Waals surface area contributed by atoms with Crippen LogP contribution in [0, 0.1) is 0 Å². The Kier molecular flexibility index (Phi) is 6.60. The first-order valence-corrected chi connectivity index (χ1v) is 10.6. The highest BCUT2D eigenvalue weighted by Crippen LogP contribution is 2.28. The third kappa shape index (κ3) is 4.77. The van der Waals surface area contributed by atoms with Crippen LogP contribution in [0.1, 0.15) is 36.6 Å². The number of methoxy groups -OCH3 is 1. The quantitative estimate of drug-likeness (QED) is 0.407. The number of nitrogens with one attached hydrogen (secondary N) is 1. The first-order valence-electron chi connectivity index (χ1n) is 10.2. The number of hydrogen-bond acceptors (Lipinski definition) is 6. The van der Waals surface area contributed by atoms with Crippen LogP contribution >= 0.6 is 11.6 Å². The van der Waals surface area contributed by atoms with Gasteiger partial charge in [-0.3, -0.25) is 19.3 Å². The van der Waals surface area contributed by atoms with Crippen molar-refractivity contribution in [1.82, 2.24) is 4.90 Å². The maximum atomic E-state index is 12.8. The van der Waals surface area contributed by atoms with Crippen molar-refractivity contribution in [3.8, 4) is 5.75 Å². The molecule has 3 aromatic rings. The van der Waals surface area contributed by atoms with Crippen LogP contribution in [0.5, 0.6) is 5.75 Å². The van der Waals surface area contributed by atoms with Gasteiger partial charge in [-0.2, -0.15) is 0 Å². The summed E-state index contributed by atoms with van der Waals surface area (Å²) in [5, 5.41) is 2.88. The van der Waals surface area contributed by atoms with E-state index in [1.807, 2.05) is 30.3 Å². The highest BCUT2D eigenvalue weighted by Gasteiger charge is 2.36. The molecule has 172 valence electrons. The Bertz CT molecular complexity index is 1290. The third-order valence-electron chi connectivity index (χ3n) is 5.16. The lowest BCUT2D eigenvalue weighted by atomic mass is 10.1. The van der Waals surface area contributed by atoms with Crippen molar-refractivity contribution in [1.29, 1.82) is 0 Å². The number of esters is 1. The molecule has 0 spiro atoms. The number of anilines is 1. The molecule has 0 bridgehead atoms. The SMILES string of the molecule is COc1ccc(NC(=O)COC(=O)c2ccc3c(c2)C(=O)N(Cc2ccccc2)C3=O)cc1Cl. The molecule has 1 N–H and O–H groups in total. The molecule has 0 fully saturated rings. The van der Waals surface area contributed by atoms with E-state index in [1.165, 1.54) is 31.4 Å². The van der Waals surface area contributed by atoms with Gasteiger partial charge in [-0.15, -0.1) is 0 Å². The van der Waals surface area contributed by atoms with E-state index in [9.17, 15) is 19.2 Å². The Balaban J connectivity index is 1.39. The highest BCUT2D eigenvalue weighted by atomic mass is 35.5. The van der Waals surface area contributed by atoms with Gasteiger partial charge in [0.15, 0.2) is 6.61 Å². The van der Waals surface area contributed by atoms with Crippen LogP contribution in [0.3, 0.4) is 0 Å². The van der Waals surface area contributed by atoms with Crippen molar-refractivity contribution in [2.75, 3.05) is 19.0 Å². The van der Waals surface area contributed by atoms with E-state index >= 15 is 0 Å². The van der Waals surface area contributed by atoms with Crippen LogP contribution in [0.4, 0.5) is 5.69 Å². The molecule has 3 amide bonds. The molecule has 0 radical (unpaired) electrons. The van der Waals surface area contributed by atoms with Crippen LogP contribution in [0.25, 0.3) is 0 Å². The summed E-state index contributed by atoms with van der Waals surface area (Å²) in [6.07, 6.45) is 0. The number of fused-ring (bicyclic) bond motifs is 1.